The molecule has 0 fully saturated rings. The first-order chi connectivity index (χ1) is 9.83. The normalized spacial score (nSPS) is 11.2. The molecule has 2 heterocycles. The van der Waals surface area contributed by atoms with E-state index >= 15 is 0 Å². The summed E-state index contributed by atoms with van der Waals surface area (Å²) in [7, 11) is 0. The Morgan fingerprint density at radius 2 is 2.30 bits per heavy atom. The number of nitrogens with one attached hydrogen (secondary N) is 2. The van der Waals surface area contributed by atoms with E-state index in [0.29, 0.717) is 0 Å². The quantitative estimate of drug-likeness (QED) is 0.686. The van der Waals surface area contributed by atoms with Crippen LogP contribution < -0.4 is 5.32 Å². The first-order valence-electron chi connectivity index (χ1n) is 6.63. The Balaban J connectivity index is 1.50. The second-order valence-corrected chi connectivity index (χ2v) is 5.14. The van der Waals surface area contributed by atoms with Gasteiger partial charge in [-0.25, -0.2) is 0 Å². The minimum Gasteiger partial charge on any atom is -0.361 e. The summed E-state index contributed by atoms with van der Waals surface area (Å²) >= 11 is 5.97. The van der Waals surface area contributed by atoms with Gasteiger partial charge >= 0.3 is 0 Å². The van der Waals surface area contributed by atoms with E-state index in [2.05, 4.69) is 26.7 Å². The van der Waals surface area contributed by atoms with Gasteiger partial charge in [0.25, 0.3) is 0 Å². The van der Waals surface area contributed by atoms with Crippen molar-refractivity contribution in [1.82, 2.24) is 25.3 Å². The molecule has 0 unspecified atom stereocenters. The standard InChI is InChI=1S/C14H16ClN5/c15-12-2-3-13-11(10-17-14(13)8-12)9-16-4-1-6-20-7-5-18-19-20/h2-3,5,7-8,10,16-17H,1,4,6,9H2. The molecule has 0 amide bonds. The molecule has 0 saturated carbocycles. The van der Waals surface area contributed by atoms with Crippen molar-refractivity contribution in [2.75, 3.05) is 6.54 Å². The Morgan fingerprint density at radius 1 is 1.35 bits per heavy atom. The Morgan fingerprint density at radius 3 is 3.15 bits per heavy atom. The van der Waals surface area contributed by atoms with Gasteiger partial charge < -0.3 is 10.3 Å². The second kappa shape index (κ2) is 6.07. The number of hydrogen-bond acceptors (Lipinski definition) is 3. The van der Waals surface area contributed by atoms with Crippen LogP contribution in [0.1, 0.15) is 12.0 Å². The van der Waals surface area contributed by atoms with Gasteiger partial charge in [-0.3, -0.25) is 4.68 Å². The van der Waals surface area contributed by atoms with E-state index in [4.69, 9.17) is 11.6 Å². The molecule has 0 bridgehead atoms. The van der Waals surface area contributed by atoms with E-state index in [0.717, 1.165) is 36.6 Å². The highest BCUT2D eigenvalue weighted by atomic mass is 35.5. The maximum atomic E-state index is 5.97. The molecule has 0 aliphatic heterocycles. The van der Waals surface area contributed by atoms with Gasteiger partial charge in [0.15, 0.2) is 0 Å². The number of nitrogens with zero attached hydrogens (tertiary/aromatic N) is 3. The van der Waals surface area contributed by atoms with Gasteiger partial charge in [-0.2, -0.15) is 0 Å². The summed E-state index contributed by atoms with van der Waals surface area (Å²) in [5.74, 6) is 0. The highest BCUT2D eigenvalue weighted by Crippen LogP contribution is 2.21. The van der Waals surface area contributed by atoms with Crippen LogP contribution in [0.15, 0.2) is 36.8 Å². The Bertz CT molecular complexity index is 674. The summed E-state index contributed by atoms with van der Waals surface area (Å²) in [6.45, 7) is 2.68. The number of hydrogen-bond donors (Lipinski definition) is 2. The number of rotatable bonds is 6. The van der Waals surface area contributed by atoms with Crippen LogP contribution in [0.5, 0.6) is 0 Å². The van der Waals surface area contributed by atoms with Crippen LogP contribution in [0.3, 0.4) is 0 Å². The average Bonchev–Trinajstić information content (AvgIpc) is 3.08. The van der Waals surface area contributed by atoms with Crippen LogP contribution in [-0.2, 0) is 13.1 Å². The SMILES string of the molecule is Clc1ccc2c(CNCCCn3ccnn3)c[nH]c2c1. The fraction of sp³-hybridized carbons (Fsp3) is 0.286. The molecule has 0 aliphatic carbocycles. The molecule has 3 aromatic rings. The summed E-state index contributed by atoms with van der Waals surface area (Å²) in [6.07, 6.45) is 6.64. The molecule has 0 spiro atoms. The lowest BCUT2D eigenvalue weighted by atomic mass is 10.2. The molecule has 20 heavy (non-hydrogen) atoms. The van der Waals surface area contributed by atoms with Crippen molar-refractivity contribution in [3.05, 3.63) is 47.4 Å². The lowest BCUT2D eigenvalue weighted by Crippen LogP contribution is -2.16. The molecule has 104 valence electrons. The van der Waals surface area contributed by atoms with Gasteiger partial charge in [-0.1, -0.05) is 22.9 Å². The van der Waals surface area contributed by atoms with Crippen molar-refractivity contribution in [2.45, 2.75) is 19.5 Å². The molecular weight excluding hydrogens is 274 g/mol. The minimum absolute atomic E-state index is 0.756. The summed E-state index contributed by atoms with van der Waals surface area (Å²) in [5.41, 5.74) is 2.34. The third-order valence-corrected chi connectivity index (χ3v) is 3.49. The largest absolute Gasteiger partial charge is 0.361 e. The van der Waals surface area contributed by atoms with Crippen LogP contribution in [0, 0.1) is 0 Å². The van der Waals surface area contributed by atoms with Gasteiger partial charge in [0.2, 0.25) is 0 Å². The number of fused-ring (bicyclic) bond motifs is 1. The maximum Gasteiger partial charge on any atom is 0.0692 e. The molecule has 2 aromatic heterocycles. The van der Waals surface area contributed by atoms with Gasteiger partial charge in [0.1, 0.15) is 0 Å². The molecular formula is C14H16ClN5. The highest BCUT2D eigenvalue weighted by Gasteiger charge is 2.03. The zero-order valence-corrected chi connectivity index (χ0v) is 11.8. The number of halogens is 1. The minimum atomic E-state index is 0.756. The first kappa shape index (κ1) is 13.1. The number of H-pyrrole nitrogens is 1. The zero-order valence-electron chi connectivity index (χ0n) is 11.0. The van der Waals surface area contributed by atoms with Crippen LogP contribution in [0.25, 0.3) is 10.9 Å². The predicted molar refractivity (Wildman–Crippen MR) is 79.7 cm³/mol. The van der Waals surface area contributed by atoms with E-state index < -0.39 is 0 Å². The molecule has 3 rings (SSSR count). The van der Waals surface area contributed by atoms with Crippen LogP contribution in [-0.4, -0.2) is 26.5 Å². The zero-order chi connectivity index (χ0) is 13.8. The summed E-state index contributed by atoms with van der Waals surface area (Å²) in [5, 5.41) is 13.1. The highest BCUT2D eigenvalue weighted by molar-refractivity contribution is 6.31. The van der Waals surface area contributed by atoms with Crippen molar-refractivity contribution in [1.29, 1.82) is 0 Å². The maximum absolute atomic E-state index is 5.97. The fourth-order valence-corrected chi connectivity index (χ4v) is 2.42. The molecule has 5 nitrogen and oxygen atoms in total. The van der Waals surface area contributed by atoms with Gasteiger partial charge in [-0.15, -0.1) is 5.10 Å². The van der Waals surface area contributed by atoms with Crippen molar-refractivity contribution in [2.24, 2.45) is 0 Å². The third kappa shape index (κ3) is 3.00. The van der Waals surface area contributed by atoms with Gasteiger partial charge in [0, 0.05) is 41.4 Å². The predicted octanol–water partition coefficient (Wildman–Crippen LogP) is 2.59. The van der Waals surface area contributed by atoms with Gasteiger partial charge in [-0.05, 0) is 30.7 Å². The molecule has 0 atom stereocenters. The van der Waals surface area contributed by atoms with E-state index in [-0.39, 0.29) is 0 Å². The van der Waals surface area contributed by atoms with E-state index in [9.17, 15) is 0 Å². The number of aryl methyl sites for hydroxylation is 1. The third-order valence-electron chi connectivity index (χ3n) is 3.26. The molecule has 1 aromatic carbocycles. The summed E-state index contributed by atoms with van der Waals surface area (Å²) in [6, 6.07) is 5.93. The van der Waals surface area contributed by atoms with Crippen LogP contribution >= 0.6 is 11.6 Å². The molecule has 2 N–H and O–H groups in total. The van der Waals surface area contributed by atoms with Crippen LogP contribution in [0.4, 0.5) is 0 Å². The topological polar surface area (TPSA) is 58.5 Å². The smallest absolute Gasteiger partial charge is 0.0692 e. The monoisotopic (exact) mass is 289 g/mol. The first-order valence-corrected chi connectivity index (χ1v) is 7.01. The number of benzene rings is 1. The van der Waals surface area contributed by atoms with Crippen molar-refractivity contribution in [3.8, 4) is 0 Å². The Hall–Kier alpha value is -1.85. The van der Waals surface area contributed by atoms with E-state index in [1.165, 1.54) is 10.9 Å². The second-order valence-electron chi connectivity index (χ2n) is 4.70. The molecule has 0 saturated heterocycles. The van der Waals surface area contributed by atoms with Crippen molar-refractivity contribution >= 4 is 22.5 Å². The summed E-state index contributed by atoms with van der Waals surface area (Å²) in [4.78, 5) is 3.25. The number of aromatic amines is 1. The molecule has 6 heteroatoms. The molecule has 0 aliphatic rings. The Labute approximate surface area is 121 Å². The average molecular weight is 290 g/mol. The van der Waals surface area contributed by atoms with E-state index in [1.807, 2.05) is 29.2 Å². The van der Waals surface area contributed by atoms with E-state index in [1.54, 1.807) is 6.20 Å². The van der Waals surface area contributed by atoms with Crippen molar-refractivity contribution in [3.63, 3.8) is 0 Å². The lowest BCUT2D eigenvalue weighted by Gasteiger charge is -2.04. The van der Waals surface area contributed by atoms with Crippen molar-refractivity contribution < 1.29 is 0 Å². The fourth-order valence-electron chi connectivity index (χ4n) is 2.25. The van der Waals surface area contributed by atoms with Gasteiger partial charge in [0.05, 0.1) is 6.20 Å². The number of aromatic nitrogens is 4. The van der Waals surface area contributed by atoms with Crippen LogP contribution in [0.2, 0.25) is 5.02 Å². The lowest BCUT2D eigenvalue weighted by molar-refractivity contribution is 0.530. The molecule has 0 radical (unpaired) electrons. The summed E-state index contributed by atoms with van der Waals surface area (Å²) < 4.78 is 1.84. The Kier molecular flexibility index (Phi) is 3.99.